The highest BCUT2D eigenvalue weighted by atomic mass is 79.9. The highest BCUT2D eigenvalue weighted by Crippen LogP contribution is 2.49. The number of hydrogen-bond acceptors (Lipinski definition) is 2. The van der Waals surface area contributed by atoms with Gasteiger partial charge in [0.1, 0.15) is 5.82 Å². The maximum atomic E-state index is 13.0. The van der Waals surface area contributed by atoms with E-state index in [0.29, 0.717) is 6.42 Å². The van der Waals surface area contributed by atoms with Gasteiger partial charge in [-0.1, -0.05) is 52.3 Å². The molecule has 162 valence electrons. The Morgan fingerprint density at radius 1 is 1.06 bits per heavy atom. The number of imidazole rings is 1. The number of nitrogens with zero attached hydrogens (tertiary/aromatic N) is 3. The highest BCUT2D eigenvalue weighted by molar-refractivity contribution is 9.10. The van der Waals surface area contributed by atoms with Gasteiger partial charge in [-0.15, -0.1) is 0 Å². The zero-order valence-electron chi connectivity index (χ0n) is 18.7. The Morgan fingerprint density at radius 3 is 2.42 bits per heavy atom. The molecule has 0 bridgehead atoms. The second-order valence-corrected chi connectivity index (χ2v) is 9.79. The minimum atomic E-state index is -0.357. The first-order valence-electron chi connectivity index (χ1n) is 11.1. The molecule has 1 atom stereocenters. The molecular weight excluding hydrogens is 450 g/mol. The fraction of sp³-hybridized carbons (Fsp3) is 0.385. The van der Waals surface area contributed by atoms with Crippen molar-refractivity contribution in [3.8, 4) is 11.4 Å². The van der Waals surface area contributed by atoms with Crippen molar-refractivity contribution in [1.29, 1.82) is 0 Å². The predicted molar refractivity (Wildman–Crippen MR) is 129 cm³/mol. The molecule has 2 heterocycles. The molecule has 4 rings (SSSR count). The Kier molecular flexibility index (Phi) is 6.07. The van der Waals surface area contributed by atoms with Crippen LogP contribution >= 0.6 is 15.9 Å². The van der Waals surface area contributed by atoms with Crippen molar-refractivity contribution < 1.29 is 4.79 Å². The molecule has 0 fully saturated rings. The summed E-state index contributed by atoms with van der Waals surface area (Å²) >= 11 is 3.57. The number of halogens is 1. The van der Waals surface area contributed by atoms with Crippen LogP contribution in [-0.2, 0) is 10.3 Å². The van der Waals surface area contributed by atoms with Crippen molar-refractivity contribution in [2.45, 2.75) is 64.6 Å². The second kappa shape index (κ2) is 8.62. The van der Waals surface area contributed by atoms with Crippen LogP contribution in [0.1, 0.15) is 58.1 Å². The Bertz CT molecular complexity index is 1060. The van der Waals surface area contributed by atoms with E-state index < -0.39 is 0 Å². The summed E-state index contributed by atoms with van der Waals surface area (Å²) in [6, 6.07) is 17.5. The average Bonchev–Trinajstić information content (AvgIpc) is 3.30. The number of aromatic nitrogens is 2. The number of carbonyl (C=O) groups excluding carboxylic acids is 1. The van der Waals surface area contributed by atoms with Crippen molar-refractivity contribution in [3.05, 3.63) is 76.5 Å². The maximum absolute atomic E-state index is 13.0. The van der Waals surface area contributed by atoms with Crippen molar-refractivity contribution >= 4 is 21.8 Å². The number of carbonyl (C=O) groups is 1. The fourth-order valence-electron chi connectivity index (χ4n) is 5.20. The minimum absolute atomic E-state index is 0.209. The molecule has 0 radical (unpaired) electrons. The molecule has 1 amide bonds. The van der Waals surface area contributed by atoms with Crippen LogP contribution in [0.4, 0.5) is 0 Å². The lowest BCUT2D eigenvalue weighted by atomic mass is 9.79. The molecular formula is C26H30BrN3O. The van der Waals surface area contributed by atoms with Crippen LogP contribution in [0.3, 0.4) is 0 Å². The van der Waals surface area contributed by atoms with E-state index in [1.165, 1.54) is 16.7 Å². The number of fused-ring (bicyclic) bond motifs is 3. The molecule has 0 spiro atoms. The summed E-state index contributed by atoms with van der Waals surface area (Å²) in [6.07, 6.45) is 6.14. The van der Waals surface area contributed by atoms with Gasteiger partial charge in [-0.25, -0.2) is 4.98 Å². The normalized spacial score (nSPS) is 17.1. The quantitative estimate of drug-likeness (QED) is 0.402. The van der Waals surface area contributed by atoms with Gasteiger partial charge in [0.25, 0.3) is 0 Å². The number of amides is 1. The summed E-state index contributed by atoms with van der Waals surface area (Å²) in [7, 11) is 0. The molecule has 4 nitrogen and oxygen atoms in total. The molecule has 0 saturated heterocycles. The minimum Gasteiger partial charge on any atom is -0.338 e. The highest BCUT2D eigenvalue weighted by Gasteiger charge is 2.44. The Balaban J connectivity index is 1.71. The van der Waals surface area contributed by atoms with E-state index in [4.69, 9.17) is 0 Å². The predicted octanol–water partition coefficient (Wildman–Crippen LogP) is 6.23. The Labute approximate surface area is 193 Å². The summed E-state index contributed by atoms with van der Waals surface area (Å²) in [5.74, 6) is 1.23. The Hall–Kier alpha value is -2.40. The molecule has 0 aliphatic carbocycles. The van der Waals surface area contributed by atoms with Crippen LogP contribution in [0.2, 0.25) is 0 Å². The average molecular weight is 480 g/mol. The van der Waals surface area contributed by atoms with Crippen LogP contribution in [-0.4, -0.2) is 32.4 Å². The van der Waals surface area contributed by atoms with Gasteiger partial charge in [-0.05, 0) is 63.8 Å². The summed E-state index contributed by atoms with van der Waals surface area (Å²) in [5.41, 5.74) is 3.30. The van der Waals surface area contributed by atoms with Crippen molar-refractivity contribution in [2.24, 2.45) is 0 Å². The molecule has 1 aliphatic rings. The monoisotopic (exact) mass is 479 g/mol. The molecule has 0 saturated carbocycles. The van der Waals surface area contributed by atoms with Crippen molar-refractivity contribution in [2.75, 3.05) is 0 Å². The van der Waals surface area contributed by atoms with Crippen LogP contribution in [0, 0.1) is 0 Å². The molecule has 1 aromatic heterocycles. The van der Waals surface area contributed by atoms with E-state index in [1.54, 1.807) is 0 Å². The standard InChI is InChI=1S/C26H30BrN3O/c1-18(2)30(19(3)4)24(31)10-7-15-26(20-11-13-21(27)14-12-20)23-9-6-5-8-22(23)25-28-16-17-29(25)26/h5-6,8-9,11-14,16-19H,7,10,15H2,1-4H3. The summed E-state index contributed by atoms with van der Waals surface area (Å²) in [5, 5.41) is 0. The first-order chi connectivity index (χ1) is 14.9. The topological polar surface area (TPSA) is 38.1 Å². The number of benzene rings is 2. The molecule has 0 N–H and O–H groups in total. The lowest BCUT2D eigenvalue weighted by Gasteiger charge is -2.35. The SMILES string of the molecule is CC(C)N(C(=O)CCCC1(c2ccc(Br)cc2)c2ccccc2-c2nccn21)C(C)C. The maximum Gasteiger partial charge on any atom is 0.223 e. The van der Waals surface area contributed by atoms with E-state index in [9.17, 15) is 4.79 Å². The Morgan fingerprint density at radius 2 is 1.74 bits per heavy atom. The zero-order chi connectivity index (χ0) is 22.2. The van der Waals surface area contributed by atoms with E-state index >= 15 is 0 Å². The molecule has 1 aliphatic heterocycles. The summed E-state index contributed by atoms with van der Waals surface area (Å²) < 4.78 is 3.36. The number of hydrogen-bond donors (Lipinski definition) is 0. The molecule has 3 aromatic rings. The molecule has 2 aromatic carbocycles. The second-order valence-electron chi connectivity index (χ2n) is 8.88. The van der Waals surface area contributed by atoms with Gasteiger partial charge in [0.2, 0.25) is 5.91 Å². The first kappa shape index (κ1) is 21.8. The van der Waals surface area contributed by atoms with E-state index in [2.05, 4.69) is 108 Å². The molecule has 5 heteroatoms. The van der Waals surface area contributed by atoms with E-state index in [0.717, 1.165) is 23.1 Å². The third-order valence-corrected chi connectivity index (χ3v) is 6.85. The van der Waals surface area contributed by atoms with E-state index in [-0.39, 0.29) is 23.5 Å². The van der Waals surface area contributed by atoms with Gasteiger partial charge in [0.15, 0.2) is 0 Å². The molecule has 1 unspecified atom stereocenters. The van der Waals surface area contributed by atoms with Gasteiger partial charge < -0.3 is 9.47 Å². The van der Waals surface area contributed by atoms with Crippen molar-refractivity contribution in [3.63, 3.8) is 0 Å². The first-order valence-corrected chi connectivity index (χ1v) is 11.9. The summed E-state index contributed by atoms with van der Waals surface area (Å²) in [4.78, 5) is 19.7. The van der Waals surface area contributed by atoms with Gasteiger partial charge in [-0.2, -0.15) is 0 Å². The van der Waals surface area contributed by atoms with Crippen LogP contribution < -0.4 is 0 Å². The third-order valence-electron chi connectivity index (χ3n) is 6.32. The van der Waals surface area contributed by atoms with Crippen LogP contribution in [0.15, 0.2) is 65.4 Å². The summed E-state index contributed by atoms with van der Waals surface area (Å²) in [6.45, 7) is 8.36. The van der Waals surface area contributed by atoms with Crippen LogP contribution in [0.5, 0.6) is 0 Å². The van der Waals surface area contributed by atoms with Crippen LogP contribution in [0.25, 0.3) is 11.4 Å². The zero-order valence-corrected chi connectivity index (χ0v) is 20.3. The van der Waals surface area contributed by atoms with Gasteiger partial charge in [0.05, 0.1) is 5.54 Å². The number of rotatable bonds is 7. The molecule has 31 heavy (non-hydrogen) atoms. The fourth-order valence-corrected chi connectivity index (χ4v) is 5.46. The van der Waals surface area contributed by atoms with E-state index in [1.807, 2.05) is 11.1 Å². The van der Waals surface area contributed by atoms with Gasteiger partial charge >= 0.3 is 0 Å². The lowest BCUT2D eigenvalue weighted by Crippen LogP contribution is -2.42. The third kappa shape index (κ3) is 3.73. The van der Waals surface area contributed by atoms with Gasteiger partial charge in [0, 0.05) is 40.9 Å². The largest absolute Gasteiger partial charge is 0.338 e. The lowest BCUT2D eigenvalue weighted by molar-refractivity contribution is -0.134. The van der Waals surface area contributed by atoms with Gasteiger partial charge in [-0.3, -0.25) is 4.79 Å². The van der Waals surface area contributed by atoms with Crippen molar-refractivity contribution in [1.82, 2.24) is 14.5 Å². The smallest absolute Gasteiger partial charge is 0.223 e.